The number of hydrogen-bond donors (Lipinski definition) is 1. The first-order chi connectivity index (χ1) is 12.8. The predicted molar refractivity (Wildman–Crippen MR) is 94.9 cm³/mol. The van der Waals surface area contributed by atoms with Crippen LogP contribution in [-0.2, 0) is 11.0 Å². The summed E-state index contributed by atoms with van der Waals surface area (Å²) in [5.74, 6) is -2.43. The van der Waals surface area contributed by atoms with Gasteiger partial charge < -0.3 is 5.32 Å². The fourth-order valence-electron chi connectivity index (χ4n) is 2.28. The van der Waals surface area contributed by atoms with Crippen LogP contribution in [0, 0.1) is 5.82 Å². The molecular weight excluding hydrogens is 382 g/mol. The number of hydrogen-bond acceptors (Lipinski definition) is 4. The number of para-hydroxylation sites is 2. The summed E-state index contributed by atoms with van der Waals surface area (Å²) >= 11 is 0.851. The lowest BCUT2D eigenvalue weighted by Crippen LogP contribution is -2.23. The molecule has 140 valence electrons. The monoisotopic (exact) mass is 395 g/mol. The van der Waals surface area contributed by atoms with Crippen LogP contribution in [0.25, 0.3) is 10.9 Å². The highest BCUT2D eigenvalue weighted by molar-refractivity contribution is 8.00. The maximum atomic E-state index is 13.7. The Morgan fingerprint density at radius 3 is 2.44 bits per heavy atom. The van der Waals surface area contributed by atoms with Crippen molar-refractivity contribution < 1.29 is 22.4 Å². The first-order valence-electron chi connectivity index (χ1n) is 7.82. The van der Waals surface area contributed by atoms with Crippen molar-refractivity contribution in [1.29, 1.82) is 0 Å². The molecule has 0 aliphatic rings. The molecule has 0 aliphatic heterocycles. The molecule has 3 aromatic rings. The first kappa shape index (κ1) is 19.1. The number of thioether (sulfide) groups is 1. The van der Waals surface area contributed by atoms with Crippen LogP contribution in [0.4, 0.5) is 23.2 Å². The Bertz CT molecular complexity index is 994. The Hall–Kier alpha value is -2.68. The maximum Gasteiger partial charge on any atom is 0.451 e. The van der Waals surface area contributed by atoms with Crippen LogP contribution in [0.15, 0.2) is 53.6 Å². The molecule has 27 heavy (non-hydrogen) atoms. The molecule has 1 N–H and O–H groups in total. The SMILES string of the molecule is C[C@H](Sc1nc(C(F)(F)F)nc2ccccc12)C(=O)Nc1ccccc1F. The second-order valence-electron chi connectivity index (χ2n) is 5.60. The number of aromatic nitrogens is 2. The van der Waals surface area contributed by atoms with E-state index in [1.54, 1.807) is 24.3 Å². The number of nitrogens with zero attached hydrogens (tertiary/aromatic N) is 2. The highest BCUT2D eigenvalue weighted by Gasteiger charge is 2.36. The molecule has 1 amide bonds. The van der Waals surface area contributed by atoms with E-state index in [9.17, 15) is 22.4 Å². The summed E-state index contributed by atoms with van der Waals surface area (Å²) in [4.78, 5) is 19.5. The second kappa shape index (κ2) is 7.51. The molecule has 0 bridgehead atoms. The molecule has 2 aromatic carbocycles. The van der Waals surface area contributed by atoms with Gasteiger partial charge in [-0.1, -0.05) is 42.1 Å². The topological polar surface area (TPSA) is 54.9 Å². The average Bonchev–Trinajstić information content (AvgIpc) is 2.62. The third-order valence-corrected chi connectivity index (χ3v) is 4.71. The number of nitrogens with one attached hydrogen (secondary N) is 1. The minimum atomic E-state index is -4.71. The third kappa shape index (κ3) is 4.36. The molecule has 1 atom stereocenters. The van der Waals surface area contributed by atoms with Gasteiger partial charge in [0.05, 0.1) is 16.5 Å². The Balaban J connectivity index is 1.89. The molecule has 9 heteroatoms. The number of alkyl halides is 3. The summed E-state index contributed by atoms with van der Waals surface area (Å²) < 4.78 is 52.9. The number of anilines is 1. The van der Waals surface area contributed by atoms with Crippen LogP contribution in [-0.4, -0.2) is 21.1 Å². The van der Waals surface area contributed by atoms with Crippen molar-refractivity contribution in [1.82, 2.24) is 9.97 Å². The largest absolute Gasteiger partial charge is 0.451 e. The van der Waals surface area contributed by atoms with Gasteiger partial charge in [-0.25, -0.2) is 14.4 Å². The van der Waals surface area contributed by atoms with Gasteiger partial charge in [0.1, 0.15) is 10.8 Å². The molecular formula is C18H13F4N3OS. The Morgan fingerprint density at radius 2 is 1.74 bits per heavy atom. The molecule has 0 saturated heterocycles. The predicted octanol–water partition coefficient (Wildman–Crippen LogP) is 4.91. The number of carbonyl (C=O) groups excluding carboxylic acids is 1. The number of halogens is 4. The molecule has 0 unspecified atom stereocenters. The number of amides is 1. The van der Waals surface area contributed by atoms with Crippen LogP contribution in [0.5, 0.6) is 0 Å². The standard InChI is InChI=1S/C18H13F4N3OS/c1-10(15(26)23-14-9-5-3-7-12(14)19)27-16-11-6-2-4-8-13(11)24-17(25-16)18(20,21)22/h2-10H,1H3,(H,23,26)/t10-/m0/s1. The van der Waals surface area contributed by atoms with Gasteiger partial charge in [0.15, 0.2) is 0 Å². The Morgan fingerprint density at radius 1 is 1.07 bits per heavy atom. The zero-order valence-corrected chi connectivity index (χ0v) is 14.7. The summed E-state index contributed by atoms with van der Waals surface area (Å²) in [5.41, 5.74) is 0.127. The summed E-state index contributed by atoms with van der Waals surface area (Å²) in [6.45, 7) is 1.50. The third-order valence-electron chi connectivity index (χ3n) is 3.61. The van der Waals surface area contributed by atoms with Gasteiger partial charge in [0, 0.05) is 5.39 Å². The van der Waals surface area contributed by atoms with Crippen molar-refractivity contribution in [2.45, 2.75) is 23.4 Å². The van der Waals surface area contributed by atoms with Crippen molar-refractivity contribution in [3.8, 4) is 0 Å². The highest BCUT2D eigenvalue weighted by atomic mass is 32.2. The van der Waals surface area contributed by atoms with E-state index >= 15 is 0 Å². The van der Waals surface area contributed by atoms with Gasteiger partial charge in [-0.05, 0) is 25.1 Å². The number of rotatable bonds is 4. The minimum Gasteiger partial charge on any atom is -0.323 e. The van der Waals surface area contributed by atoms with Crippen LogP contribution in [0.3, 0.4) is 0 Å². The van der Waals surface area contributed by atoms with E-state index in [-0.39, 0.29) is 16.2 Å². The van der Waals surface area contributed by atoms with E-state index in [1.807, 2.05) is 0 Å². The van der Waals surface area contributed by atoms with E-state index in [0.29, 0.717) is 5.39 Å². The van der Waals surface area contributed by atoms with Crippen molar-refractivity contribution in [3.63, 3.8) is 0 Å². The maximum absolute atomic E-state index is 13.7. The zero-order valence-electron chi connectivity index (χ0n) is 13.9. The molecule has 0 spiro atoms. The van der Waals surface area contributed by atoms with Gasteiger partial charge in [-0.15, -0.1) is 0 Å². The first-order valence-corrected chi connectivity index (χ1v) is 8.69. The molecule has 4 nitrogen and oxygen atoms in total. The van der Waals surface area contributed by atoms with Gasteiger partial charge in [-0.3, -0.25) is 4.79 Å². The van der Waals surface area contributed by atoms with Gasteiger partial charge >= 0.3 is 6.18 Å². The number of benzene rings is 2. The summed E-state index contributed by atoms with van der Waals surface area (Å²) in [6.07, 6.45) is -4.71. The molecule has 1 aromatic heterocycles. The van der Waals surface area contributed by atoms with Crippen molar-refractivity contribution in [2.24, 2.45) is 0 Å². The van der Waals surface area contributed by atoms with Gasteiger partial charge in [0.2, 0.25) is 11.7 Å². The van der Waals surface area contributed by atoms with Crippen molar-refractivity contribution >= 4 is 34.3 Å². The zero-order chi connectivity index (χ0) is 19.6. The lowest BCUT2D eigenvalue weighted by molar-refractivity contribution is -0.145. The molecule has 0 saturated carbocycles. The van der Waals surface area contributed by atoms with Crippen molar-refractivity contribution in [3.05, 3.63) is 60.2 Å². The minimum absolute atomic E-state index is 0.00141. The smallest absolute Gasteiger partial charge is 0.323 e. The number of carbonyl (C=O) groups is 1. The van der Waals surface area contributed by atoms with Crippen LogP contribution < -0.4 is 5.32 Å². The lowest BCUT2D eigenvalue weighted by Gasteiger charge is -2.14. The summed E-state index contributed by atoms with van der Waals surface area (Å²) in [6, 6.07) is 11.9. The molecule has 3 rings (SSSR count). The summed E-state index contributed by atoms with van der Waals surface area (Å²) in [7, 11) is 0. The van der Waals surface area contributed by atoms with Crippen LogP contribution in [0.1, 0.15) is 12.7 Å². The molecule has 1 heterocycles. The van der Waals surface area contributed by atoms with Crippen LogP contribution >= 0.6 is 11.8 Å². The highest BCUT2D eigenvalue weighted by Crippen LogP contribution is 2.33. The molecule has 0 aliphatic carbocycles. The lowest BCUT2D eigenvalue weighted by atomic mass is 10.2. The van der Waals surface area contributed by atoms with E-state index in [1.165, 1.54) is 31.2 Å². The normalized spacial score (nSPS) is 12.8. The van der Waals surface area contributed by atoms with Crippen molar-refractivity contribution in [2.75, 3.05) is 5.32 Å². The molecule has 0 fully saturated rings. The quantitative estimate of drug-likeness (QED) is 0.388. The Labute approximate surface area is 156 Å². The fourth-order valence-corrected chi connectivity index (χ4v) is 3.22. The van der Waals surface area contributed by atoms with Crippen LogP contribution in [0.2, 0.25) is 0 Å². The molecule has 0 radical (unpaired) electrons. The number of fused-ring (bicyclic) bond motifs is 1. The summed E-state index contributed by atoms with van der Waals surface area (Å²) in [5, 5.41) is 2.04. The van der Waals surface area contributed by atoms with Gasteiger partial charge in [0.25, 0.3) is 0 Å². The average molecular weight is 395 g/mol. The van der Waals surface area contributed by atoms with E-state index < -0.39 is 29.0 Å². The van der Waals surface area contributed by atoms with E-state index in [0.717, 1.165) is 11.8 Å². The van der Waals surface area contributed by atoms with E-state index in [4.69, 9.17) is 0 Å². The Kier molecular flexibility index (Phi) is 5.31. The van der Waals surface area contributed by atoms with Gasteiger partial charge in [-0.2, -0.15) is 13.2 Å². The fraction of sp³-hybridized carbons (Fsp3) is 0.167. The van der Waals surface area contributed by atoms with E-state index in [2.05, 4.69) is 15.3 Å². The second-order valence-corrected chi connectivity index (χ2v) is 6.93.